The molecule has 130 valence electrons. The quantitative estimate of drug-likeness (QED) is 0.750. The molecule has 24 heavy (non-hydrogen) atoms. The number of hydrogen-bond donors (Lipinski definition) is 0. The Morgan fingerprint density at radius 1 is 1.50 bits per heavy atom. The van der Waals surface area contributed by atoms with Gasteiger partial charge in [0.05, 0.1) is 28.3 Å². The Morgan fingerprint density at radius 2 is 2.25 bits per heavy atom. The van der Waals surface area contributed by atoms with Crippen LogP contribution in [0.5, 0.6) is 0 Å². The number of aromatic nitrogens is 2. The van der Waals surface area contributed by atoms with Crippen molar-refractivity contribution in [2.45, 2.75) is 17.6 Å². The molecule has 0 aliphatic carbocycles. The van der Waals surface area contributed by atoms with E-state index in [1.54, 1.807) is 24.1 Å². The van der Waals surface area contributed by atoms with Gasteiger partial charge in [-0.1, -0.05) is 23.4 Å². The van der Waals surface area contributed by atoms with Gasteiger partial charge in [-0.3, -0.25) is 4.79 Å². The monoisotopic (exact) mass is 387 g/mol. The number of aryl methyl sites for hydroxylation is 1. The third kappa shape index (κ3) is 3.55. The van der Waals surface area contributed by atoms with Crippen molar-refractivity contribution in [1.82, 2.24) is 14.5 Å². The zero-order chi connectivity index (χ0) is 17.5. The molecular formula is C15H18ClN3O3S2. The molecule has 2 heterocycles. The lowest BCUT2D eigenvalue weighted by molar-refractivity contribution is -0.128. The minimum absolute atomic E-state index is 0.0602. The number of imidazole rings is 1. The average Bonchev–Trinajstić information content (AvgIpc) is 3.04. The second kappa shape index (κ2) is 6.57. The van der Waals surface area contributed by atoms with E-state index in [-0.39, 0.29) is 29.2 Å². The number of carbonyl (C=O) groups is 1. The van der Waals surface area contributed by atoms with E-state index in [4.69, 9.17) is 11.6 Å². The van der Waals surface area contributed by atoms with E-state index in [0.717, 1.165) is 16.2 Å². The molecule has 1 aliphatic rings. The van der Waals surface area contributed by atoms with Crippen LogP contribution in [0.4, 0.5) is 0 Å². The summed E-state index contributed by atoms with van der Waals surface area (Å²) in [5.74, 6) is 0.350. The number of thioether (sulfide) groups is 1. The van der Waals surface area contributed by atoms with Crippen molar-refractivity contribution in [3.05, 3.63) is 23.2 Å². The first-order chi connectivity index (χ1) is 11.3. The summed E-state index contributed by atoms with van der Waals surface area (Å²) in [7, 11) is 0.563. The molecule has 1 amide bonds. The molecule has 3 rings (SSSR count). The number of carbonyl (C=O) groups excluding carboxylic acids is 1. The fourth-order valence-corrected chi connectivity index (χ4v) is 5.64. The third-order valence-electron chi connectivity index (χ3n) is 4.28. The molecule has 0 radical (unpaired) electrons. The zero-order valence-corrected chi connectivity index (χ0v) is 15.8. The topological polar surface area (TPSA) is 72.3 Å². The zero-order valence-electron chi connectivity index (χ0n) is 13.4. The predicted molar refractivity (Wildman–Crippen MR) is 96.3 cm³/mol. The number of fused-ring (bicyclic) bond motifs is 1. The van der Waals surface area contributed by atoms with E-state index in [1.165, 1.54) is 11.8 Å². The van der Waals surface area contributed by atoms with Gasteiger partial charge in [-0.2, -0.15) is 0 Å². The maximum absolute atomic E-state index is 12.3. The molecule has 1 aromatic heterocycles. The molecule has 1 fully saturated rings. The minimum Gasteiger partial charge on any atom is -0.341 e. The van der Waals surface area contributed by atoms with Crippen molar-refractivity contribution in [3.63, 3.8) is 0 Å². The number of hydrogen-bond acceptors (Lipinski definition) is 5. The number of rotatable bonds is 4. The Morgan fingerprint density at radius 3 is 2.92 bits per heavy atom. The fourth-order valence-electron chi connectivity index (χ4n) is 2.79. The molecule has 0 bridgehead atoms. The van der Waals surface area contributed by atoms with Gasteiger partial charge in [0, 0.05) is 25.2 Å². The van der Waals surface area contributed by atoms with Crippen molar-refractivity contribution in [2.24, 2.45) is 7.05 Å². The molecule has 1 saturated heterocycles. The van der Waals surface area contributed by atoms with Crippen LogP contribution in [0.3, 0.4) is 0 Å². The number of halogens is 1. The Bertz CT molecular complexity index is 895. The summed E-state index contributed by atoms with van der Waals surface area (Å²) in [6, 6.07) is 5.27. The summed E-state index contributed by atoms with van der Waals surface area (Å²) in [6.45, 7) is 0. The first-order valence-corrected chi connectivity index (χ1v) is 10.7. The lowest BCUT2D eigenvalue weighted by Crippen LogP contribution is -2.38. The number of sulfone groups is 1. The van der Waals surface area contributed by atoms with Gasteiger partial charge in [0.1, 0.15) is 0 Å². The molecule has 1 atom stereocenters. The Balaban J connectivity index is 1.67. The molecule has 1 unspecified atom stereocenters. The molecule has 6 nitrogen and oxygen atoms in total. The Labute approximate surface area is 150 Å². The molecule has 0 N–H and O–H groups in total. The summed E-state index contributed by atoms with van der Waals surface area (Å²) in [6.07, 6.45) is 0.514. The molecule has 1 aromatic carbocycles. The van der Waals surface area contributed by atoms with Gasteiger partial charge >= 0.3 is 0 Å². The highest BCUT2D eigenvalue weighted by atomic mass is 35.5. The first-order valence-electron chi connectivity index (χ1n) is 7.48. The molecule has 0 spiro atoms. The average molecular weight is 388 g/mol. The van der Waals surface area contributed by atoms with Gasteiger partial charge in [-0.25, -0.2) is 13.4 Å². The van der Waals surface area contributed by atoms with Crippen LogP contribution in [0.15, 0.2) is 23.4 Å². The Kier molecular flexibility index (Phi) is 4.81. The van der Waals surface area contributed by atoms with E-state index in [2.05, 4.69) is 4.98 Å². The van der Waals surface area contributed by atoms with E-state index in [0.29, 0.717) is 11.4 Å². The third-order valence-corrected chi connectivity index (χ3v) is 7.28. The van der Waals surface area contributed by atoms with Crippen molar-refractivity contribution < 1.29 is 13.2 Å². The number of benzene rings is 1. The smallest absolute Gasteiger partial charge is 0.233 e. The van der Waals surface area contributed by atoms with E-state index in [9.17, 15) is 13.2 Å². The van der Waals surface area contributed by atoms with Crippen LogP contribution in [-0.2, 0) is 21.7 Å². The van der Waals surface area contributed by atoms with Crippen molar-refractivity contribution >= 4 is 50.1 Å². The van der Waals surface area contributed by atoms with Gasteiger partial charge in [0.2, 0.25) is 5.91 Å². The highest BCUT2D eigenvalue weighted by molar-refractivity contribution is 7.99. The maximum Gasteiger partial charge on any atom is 0.233 e. The summed E-state index contributed by atoms with van der Waals surface area (Å²) in [5, 5.41) is 1.35. The van der Waals surface area contributed by atoms with Crippen molar-refractivity contribution in [3.8, 4) is 0 Å². The van der Waals surface area contributed by atoms with E-state index < -0.39 is 9.84 Å². The summed E-state index contributed by atoms with van der Waals surface area (Å²) >= 11 is 7.32. The van der Waals surface area contributed by atoms with Crippen LogP contribution in [0.2, 0.25) is 5.02 Å². The van der Waals surface area contributed by atoms with Gasteiger partial charge in [-0.05, 0) is 24.6 Å². The second-order valence-electron chi connectivity index (χ2n) is 5.94. The van der Waals surface area contributed by atoms with Crippen LogP contribution < -0.4 is 0 Å². The first kappa shape index (κ1) is 17.6. The molecular weight excluding hydrogens is 370 g/mol. The lowest BCUT2D eigenvalue weighted by atomic mass is 10.2. The van der Waals surface area contributed by atoms with Gasteiger partial charge in [0.15, 0.2) is 15.0 Å². The predicted octanol–water partition coefficient (Wildman–Crippen LogP) is 1.96. The van der Waals surface area contributed by atoms with Crippen LogP contribution >= 0.6 is 23.4 Å². The van der Waals surface area contributed by atoms with Crippen LogP contribution in [-0.4, -0.2) is 59.1 Å². The number of amides is 1. The highest BCUT2D eigenvalue weighted by Gasteiger charge is 2.32. The molecule has 1 aliphatic heterocycles. The van der Waals surface area contributed by atoms with E-state index >= 15 is 0 Å². The standard InChI is InChI=1S/C15H18ClN3O3S2/c1-18(11-5-6-24(21,22)9-11)14(20)8-23-15-17-12-7-10(16)3-4-13(12)19(15)2/h3-4,7,11H,5-6,8-9H2,1-2H3. The maximum atomic E-state index is 12.3. The second-order valence-corrected chi connectivity index (χ2v) is 9.54. The normalized spacial score (nSPS) is 19.7. The summed E-state index contributed by atoms with van der Waals surface area (Å²) in [5.41, 5.74) is 1.74. The Hall–Kier alpha value is -1.25. The van der Waals surface area contributed by atoms with Gasteiger partial charge in [0.25, 0.3) is 0 Å². The van der Waals surface area contributed by atoms with E-state index in [1.807, 2.05) is 17.7 Å². The molecule has 2 aromatic rings. The summed E-state index contributed by atoms with van der Waals surface area (Å²) in [4.78, 5) is 18.4. The van der Waals surface area contributed by atoms with Crippen LogP contribution in [0, 0.1) is 0 Å². The van der Waals surface area contributed by atoms with Crippen LogP contribution in [0.25, 0.3) is 11.0 Å². The fraction of sp³-hybridized carbons (Fsp3) is 0.467. The highest BCUT2D eigenvalue weighted by Crippen LogP contribution is 2.26. The SMILES string of the molecule is CN(C(=O)CSc1nc2cc(Cl)ccc2n1C)C1CCS(=O)(=O)C1. The lowest BCUT2D eigenvalue weighted by Gasteiger charge is -2.23. The van der Waals surface area contributed by atoms with Gasteiger partial charge < -0.3 is 9.47 Å². The minimum atomic E-state index is -3.00. The number of nitrogens with zero attached hydrogens (tertiary/aromatic N) is 3. The summed E-state index contributed by atoms with van der Waals surface area (Å²) < 4.78 is 25.0. The van der Waals surface area contributed by atoms with Crippen molar-refractivity contribution in [1.29, 1.82) is 0 Å². The molecule has 9 heteroatoms. The van der Waals surface area contributed by atoms with Crippen LogP contribution in [0.1, 0.15) is 6.42 Å². The largest absolute Gasteiger partial charge is 0.341 e. The molecule has 0 saturated carbocycles. The van der Waals surface area contributed by atoms with Gasteiger partial charge in [-0.15, -0.1) is 0 Å². The van der Waals surface area contributed by atoms with Crippen molar-refractivity contribution in [2.75, 3.05) is 24.3 Å².